The summed E-state index contributed by atoms with van der Waals surface area (Å²) in [6, 6.07) is 3.49. The van der Waals surface area contributed by atoms with Crippen molar-refractivity contribution in [3.8, 4) is 0 Å². The maximum absolute atomic E-state index is 9.79. The van der Waals surface area contributed by atoms with Crippen molar-refractivity contribution in [2.24, 2.45) is 0 Å². The molecule has 0 aliphatic heterocycles. The molecule has 0 spiro atoms. The highest BCUT2D eigenvalue weighted by atomic mass is 16.1. The highest BCUT2D eigenvalue weighted by Crippen LogP contribution is 1.99. The van der Waals surface area contributed by atoms with Crippen LogP contribution >= 0.6 is 0 Å². The van der Waals surface area contributed by atoms with Gasteiger partial charge in [0.25, 0.3) is 0 Å². The van der Waals surface area contributed by atoms with E-state index in [2.05, 4.69) is 15.8 Å². The molecule has 0 bridgehead atoms. The summed E-state index contributed by atoms with van der Waals surface area (Å²) in [5.74, 6) is 0. The monoisotopic (exact) mass is 137 g/mol. The minimum atomic E-state index is 0.570. The predicted octanol–water partition coefficient (Wildman–Crippen LogP) is 0.154. The molecule has 0 saturated carbocycles. The topological polar surface area (TPSA) is 54.0 Å². The van der Waals surface area contributed by atoms with Gasteiger partial charge in [0, 0.05) is 12.4 Å². The normalized spacial score (nSPS) is 8.40. The first kappa shape index (κ1) is 6.54. The number of pyridine rings is 1. The van der Waals surface area contributed by atoms with Crippen LogP contribution in [0.15, 0.2) is 24.5 Å². The number of hydrazine groups is 1. The molecule has 52 valence electrons. The van der Waals surface area contributed by atoms with Gasteiger partial charge >= 0.3 is 0 Å². The van der Waals surface area contributed by atoms with E-state index >= 15 is 0 Å². The lowest BCUT2D eigenvalue weighted by molar-refractivity contribution is -0.109. The van der Waals surface area contributed by atoms with Crippen molar-refractivity contribution in [2.45, 2.75) is 0 Å². The summed E-state index contributed by atoms with van der Waals surface area (Å²) in [5, 5.41) is 0. The van der Waals surface area contributed by atoms with Gasteiger partial charge < -0.3 is 0 Å². The molecule has 10 heavy (non-hydrogen) atoms. The molecule has 0 fully saturated rings. The number of carbonyl (C=O) groups is 1. The summed E-state index contributed by atoms with van der Waals surface area (Å²) < 4.78 is 0. The van der Waals surface area contributed by atoms with Crippen molar-refractivity contribution in [2.75, 3.05) is 5.43 Å². The summed E-state index contributed by atoms with van der Waals surface area (Å²) >= 11 is 0. The first-order chi connectivity index (χ1) is 4.93. The lowest BCUT2D eigenvalue weighted by Crippen LogP contribution is -2.18. The third-order valence-corrected chi connectivity index (χ3v) is 0.956. The Labute approximate surface area is 58.2 Å². The molecule has 1 rings (SSSR count). The van der Waals surface area contributed by atoms with Gasteiger partial charge in [-0.2, -0.15) is 0 Å². The second-order valence-corrected chi connectivity index (χ2v) is 1.62. The molecule has 4 heteroatoms. The second-order valence-electron chi connectivity index (χ2n) is 1.62. The van der Waals surface area contributed by atoms with Gasteiger partial charge in [-0.15, -0.1) is 0 Å². The van der Waals surface area contributed by atoms with Gasteiger partial charge in [0.05, 0.1) is 5.69 Å². The lowest BCUT2D eigenvalue weighted by atomic mass is 10.4. The number of hydrogen-bond acceptors (Lipinski definition) is 3. The molecule has 0 radical (unpaired) electrons. The lowest BCUT2D eigenvalue weighted by Gasteiger charge is -2.00. The third-order valence-electron chi connectivity index (χ3n) is 0.956. The van der Waals surface area contributed by atoms with Crippen molar-refractivity contribution in [3.05, 3.63) is 24.5 Å². The summed E-state index contributed by atoms with van der Waals surface area (Å²) in [6.07, 6.45) is 3.84. The van der Waals surface area contributed by atoms with E-state index in [0.29, 0.717) is 6.41 Å². The first-order valence-electron chi connectivity index (χ1n) is 2.78. The highest BCUT2D eigenvalue weighted by Gasteiger charge is 1.83. The summed E-state index contributed by atoms with van der Waals surface area (Å²) in [6.45, 7) is 0. The third kappa shape index (κ3) is 1.74. The molecular formula is C6H7N3O. The summed E-state index contributed by atoms with van der Waals surface area (Å²) in [5.41, 5.74) is 5.75. The Morgan fingerprint density at radius 2 is 2.10 bits per heavy atom. The van der Waals surface area contributed by atoms with E-state index in [0.717, 1.165) is 5.69 Å². The molecular weight excluding hydrogens is 130 g/mol. The van der Waals surface area contributed by atoms with Crippen LogP contribution in [0.4, 0.5) is 5.69 Å². The second kappa shape index (κ2) is 3.45. The average Bonchev–Trinajstić information content (AvgIpc) is 2.03. The number of amides is 1. The smallest absolute Gasteiger partial charge is 0.225 e. The molecule has 0 aliphatic carbocycles. The van der Waals surface area contributed by atoms with E-state index in [1.165, 1.54) is 0 Å². The molecule has 0 aliphatic rings. The molecule has 1 heterocycles. The van der Waals surface area contributed by atoms with Crippen LogP contribution in [0.5, 0.6) is 0 Å². The summed E-state index contributed by atoms with van der Waals surface area (Å²) in [7, 11) is 0. The Balaban J connectivity index is 2.50. The molecule has 1 aromatic rings. The van der Waals surface area contributed by atoms with Crippen LogP contribution in [0.3, 0.4) is 0 Å². The Morgan fingerprint density at radius 3 is 2.70 bits per heavy atom. The van der Waals surface area contributed by atoms with E-state index < -0.39 is 0 Å². The van der Waals surface area contributed by atoms with E-state index in [4.69, 9.17) is 0 Å². The number of anilines is 1. The number of hydrogen-bond donors (Lipinski definition) is 2. The van der Waals surface area contributed by atoms with Crippen LogP contribution in [-0.2, 0) is 4.79 Å². The van der Waals surface area contributed by atoms with Crippen LogP contribution in [-0.4, -0.2) is 11.4 Å². The van der Waals surface area contributed by atoms with Crippen LogP contribution in [0, 0.1) is 0 Å². The standard InChI is InChI=1S/C6H7N3O/c10-5-8-9-6-1-3-7-4-2-6/h1-5H,(H,7,9)(H,8,10). The number of aromatic nitrogens is 1. The van der Waals surface area contributed by atoms with Crippen LogP contribution in [0.2, 0.25) is 0 Å². The van der Waals surface area contributed by atoms with E-state index in [1.54, 1.807) is 24.5 Å². The van der Waals surface area contributed by atoms with Crippen molar-refractivity contribution in [1.29, 1.82) is 0 Å². The van der Waals surface area contributed by atoms with Gasteiger partial charge in [0.1, 0.15) is 0 Å². The Hall–Kier alpha value is -1.58. The van der Waals surface area contributed by atoms with Gasteiger partial charge in [-0.3, -0.25) is 20.6 Å². The van der Waals surface area contributed by atoms with Gasteiger partial charge in [0.2, 0.25) is 6.41 Å². The van der Waals surface area contributed by atoms with Crippen LogP contribution in [0.1, 0.15) is 0 Å². The first-order valence-corrected chi connectivity index (χ1v) is 2.78. The number of carbonyl (C=O) groups excluding carboxylic acids is 1. The fraction of sp³-hybridized carbons (Fsp3) is 0. The minimum absolute atomic E-state index is 0.570. The van der Waals surface area contributed by atoms with Crippen molar-refractivity contribution in [3.63, 3.8) is 0 Å². The molecule has 1 aromatic heterocycles. The predicted molar refractivity (Wildman–Crippen MR) is 37.1 cm³/mol. The largest absolute Gasteiger partial charge is 0.299 e. The van der Waals surface area contributed by atoms with Gasteiger partial charge in [0.15, 0.2) is 0 Å². The van der Waals surface area contributed by atoms with Gasteiger partial charge in [-0.25, -0.2) is 0 Å². The fourth-order valence-electron chi connectivity index (χ4n) is 0.548. The molecule has 0 saturated heterocycles. The van der Waals surface area contributed by atoms with Gasteiger partial charge in [-0.05, 0) is 12.1 Å². The molecule has 0 atom stereocenters. The molecule has 1 amide bonds. The highest BCUT2D eigenvalue weighted by molar-refractivity contribution is 5.52. The molecule has 2 N–H and O–H groups in total. The minimum Gasteiger partial charge on any atom is -0.299 e. The number of nitrogens with zero attached hydrogens (tertiary/aromatic N) is 1. The quantitative estimate of drug-likeness (QED) is 0.460. The zero-order valence-electron chi connectivity index (χ0n) is 5.24. The fourth-order valence-corrected chi connectivity index (χ4v) is 0.548. The summed E-state index contributed by atoms with van der Waals surface area (Å²) in [4.78, 5) is 13.6. The van der Waals surface area contributed by atoms with E-state index in [1.807, 2.05) is 0 Å². The van der Waals surface area contributed by atoms with Gasteiger partial charge in [-0.1, -0.05) is 0 Å². The zero-order valence-corrected chi connectivity index (χ0v) is 5.24. The average molecular weight is 137 g/mol. The van der Waals surface area contributed by atoms with E-state index in [9.17, 15) is 4.79 Å². The number of rotatable bonds is 3. The maximum Gasteiger partial charge on any atom is 0.225 e. The van der Waals surface area contributed by atoms with Crippen molar-refractivity contribution < 1.29 is 4.79 Å². The van der Waals surface area contributed by atoms with Crippen LogP contribution in [0.25, 0.3) is 0 Å². The SMILES string of the molecule is O=CNNc1ccncc1. The van der Waals surface area contributed by atoms with Crippen molar-refractivity contribution in [1.82, 2.24) is 10.4 Å². The van der Waals surface area contributed by atoms with Crippen molar-refractivity contribution >= 4 is 12.1 Å². The molecule has 0 aromatic carbocycles. The van der Waals surface area contributed by atoms with Crippen LogP contribution < -0.4 is 10.9 Å². The number of nitrogens with one attached hydrogen (secondary N) is 2. The maximum atomic E-state index is 9.79. The Morgan fingerprint density at radius 1 is 1.40 bits per heavy atom. The Bertz CT molecular complexity index is 199. The molecule has 4 nitrogen and oxygen atoms in total. The molecule has 0 unspecified atom stereocenters. The van der Waals surface area contributed by atoms with E-state index in [-0.39, 0.29) is 0 Å². The Kier molecular flexibility index (Phi) is 2.25. The zero-order chi connectivity index (χ0) is 7.23.